The fourth-order valence-electron chi connectivity index (χ4n) is 3.38. The summed E-state index contributed by atoms with van der Waals surface area (Å²) in [6.45, 7) is 5.36. The van der Waals surface area contributed by atoms with Crippen LogP contribution in [0.1, 0.15) is 32.0 Å². The molecular formula is C21H20FN3O2S. The molecule has 0 aliphatic carbocycles. The van der Waals surface area contributed by atoms with Gasteiger partial charge in [-0.1, -0.05) is 17.7 Å². The Morgan fingerprint density at radius 3 is 2.32 bits per heavy atom. The zero-order chi connectivity index (χ0) is 19.8. The largest absolute Gasteiger partial charge is 0.335 e. The van der Waals surface area contributed by atoms with Gasteiger partial charge in [0.25, 0.3) is 11.8 Å². The number of hydrogen-bond donors (Lipinski definition) is 0. The summed E-state index contributed by atoms with van der Waals surface area (Å²) in [5.41, 5.74) is 2.41. The molecule has 2 amide bonds. The molecule has 28 heavy (non-hydrogen) atoms. The van der Waals surface area contributed by atoms with E-state index in [0.717, 1.165) is 15.6 Å². The van der Waals surface area contributed by atoms with Crippen LogP contribution in [0.5, 0.6) is 0 Å². The maximum absolute atomic E-state index is 13.8. The summed E-state index contributed by atoms with van der Waals surface area (Å²) in [6, 6.07) is 10.5. The molecule has 0 N–H and O–H groups in total. The first-order valence-corrected chi connectivity index (χ1v) is 9.92. The van der Waals surface area contributed by atoms with Crippen LogP contribution in [0.4, 0.5) is 4.39 Å². The second-order valence-corrected chi connectivity index (χ2v) is 7.88. The Bertz CT molecular complexity index is 1070. The Morgan fingerprint density at radius 1 is 0.964 bits per heavy atom. The van der Waals surface area contributed by atoms with Crippen molar-refractivity contribution >= 4 is 33.4 Å². The van der Waals surface area contributed by atoms with E-state index in [2.05, 4.69) is 4.37 Å². The van der Waals surface area contributed by atoms with Gasteiger partial charge in [-0.15, -0.1) is 0 Å². The molecule has 1 fully saturated rings. The zero-order valence-electron chi connectivity index (χ0n) is 15.7. The monoisotopic (exact) mass is 397 g/mol. The van der Waals surface area contributed by atoms with Crippen molar-refractivity contribution in [2.24, 2.45) is 0 Å². The molecule has 4 rings (SSSR count). The van der Waals surface area contributed by atoms with Gasteiger partial charge in [-0.05, 0) is 55.2 Å². The summed E-state index contributed by atoms with van der Waals surface area (Å²) in [5, 5.41) is 0.878. The topological polar surface area (TPSA) is 53.5 Å². The van der Waals surface area contributed by atoms with Gasteiger partial charge in [0, 0.05) is 37.1 Å². The van der Waals surface area contributed by atoms with Crippen molar-refractivity contribution in [3.05, 3.63) is 64.6 Å². The van der Waals surface area contributed by atoms with Gasteiger partial charge in [0.1, 0.15) is 11.5 Å². The number of carbonyl (C=O) groups excluding carboxylic acids is 2. The van der Waals surface area contributed by atoms with Crippen LogP contribution in [0.3, 0.4) is 0 Å². The number of amides is 2. The number of halogens is 1. The highest BCUT2D eigenvalue weighted by Gasteiger charge is 2.27. The minimum absolute atomic E-state index is 0.106. The summed E-state index contributed by atoms with van der Waals surface area (Å²) in [6.07, 6.45) is 0. The molecule has 3 aromatic rings. The molecular weight excluding hydrogens is 377 g/mol. The van der Waals surface area contributed by atoms with Crippen LogP contribution in [0.15, 0.2) is 36.4 Å². The number of aromatic nitrogens is 1. The lowest BCUT2D eigenvalue weighted by atomic mass is 10.1. The van der Waals surface area contributed by atoms with Crippen molar-refractivity contribution in [3.63, 3.8) is 0 Å². The van der Waals surface area contributed by atoms with Crippen molar-refractivity contribution < 1.29 is 14.0 Å². The number of carbonyl (C=O) groups is 2. The second-order valence-electron chi connectivity index (χ2n) is 7.08. The Kier molecular flexibility index (Phi) is 4.85. The maximum atomic E-state index is 13.8. The lowest BCUT2D eigenvalue weighted by Gasteiger charge is -2.34. The SMILES string of the molecule is Cc1ccc2snc(C(=O)N3CCN(C(=O)c4ccc(C)c(F)c4)CC3)c2c1. The molecule has 0 atom stereocenters. The lowest BCUT2D eigenvalue weighted by Crippen LogP contribution is -2.50. The van der Waals surface area contributed by atoms with Gasteiger partial charge in [0.15, 0.2) is 0 Å². The maximum Gasteiger partial charge on any atom is 0.274 e. The van der Waals surface area contributed by atoms with Crippen LogP contribution in [0.2, 0.25) is 0 Å². The predicted octanol–water partition coefficient (Wildman–Crippen LogP) is 3.65. The van der Waals surface area contributed by atoms with E-state index < -0.39 is 0 Å². The van der Waals surface area contributed by atoms with E-state index in [0.29, 0.717) is 43.0 Å². The molecule has 0 spiro atoms. The number of fused-ring (bicyclic) bond motifs is 1. The van der Waals surface area contributed by atoms with E-state index in [1.807, 2.05) is 25.1 Å². The normalized spacial score (nSPS) is 14.5. The standard InChI is InChI=1S/C21H20FN3O2S/c1-13-3-6-18-16(11-13)19(23-28-18)21(27)25-9-7-24(8-10-25)20(26)15-5-4-14(2)17(22)12-15/h3-6,11-12H,7-10H2,1-2H3. The van der Waals surface area contributed by atoms with Crippen molar-refractivity contribution in [3.8, 4) is 0 Å². The molecule has 2 heterocycles. The first-order valence-electron chi connectivity index (χ1n) is 9.15. The molecule has 1 saturated heterocycles. The molecule has 7 heteroatoms. The van der Waals surface area contributed by atoms with Crippen molar-refractivity contribution in [1.29, 1.82) is 0 Å². The first kappa shape index (κ1) is 18.6. The number of hydrogen-bond acceptors (Lipinski definition) is 4. The molecule has 1 aliphatic rings. The fraction of sp³-hybridized carbons (Fsp3) is 0.286. The van der Waals surface area contributed by atoms with E-state index >= 15 is 0 Å². The van der Waals surface area contributed by atoms with Crippen LogP contribution in [0, 0.1) is 19.7 Å². The average molecular weight is 397 g/mol. The van der Waals surface area contributed by atoms with E-state index in [1.165, 1.54) is 17.6 Å². The number of nitrogens with zero attached hydrogens (tertiary/aromatic N) is 3. The molecule has 0 bridgehead atoms. The molecule has 0 saturated carbocycles. The van der Waals surface area contributed by atoms with Gasteiger partial charge < -0.3 is 9.80 Å². The highest BCUT2D eigenvalue weighted by Crippen LogP contribution is 2.25. The third kappa shape index (κ3) is 3.38. The highest BCUT2D eigenvalue weighted by atomic mass is 32.1. The van der Waals surface area contributed by atoms with Gasteiger partial charge >= 0.3 is 0 Å². The summed E-state index contributed by atoms with van der Waals surface area (Å²) in [4.78, 5) is 29.0. The minimum Gasteiger partial charge on any atom is -0.335 e. The Balaban J connectivity index is 1.46. The van der Waals surface area contributed by atoms with E-state index in [9.17, 15) is 14.0 Å². The van der Waals surface area contributed by atoms with E-state index in [1.54, 1.807) is 28.9 Å². The zero-order valence-corrected chi connectivity index (χ0v) is 16.6. The first-order chi connectivity index (χ1) is 13.4. The van der Waals surface area contributed by atoms with Crippen LogP contribution in [-0.4, -0.2) is 52.2 Å². The van der Waals surface area contributed by atoms with Crippen LogP contribution < -0.4 is 0 Å². The molecule has 1 aromatic heterocycles. The lowest BCUT2D eigenvalue weighted by molar-refractivity contribution is 0.0534. The van der Waals surface area contributed by atoms with Crippen molar-refractivity contribution in [2.75, 3.05) is 26.2 Å². The predicted molar refractivity (Wildman–Crippen MR) is 107 cm³/mol. The van der Waals surface area contributed by atoms with Crippen LogP contribution in [-0.2, 0) is 0 Å². The Labute approximate surface area is 166 Å². The third-order valence-electron chi connectivity index (χ3n) is 5.10. The van der Waals surface area contributed by atoms with Gasteiger partial charge in [-0.3, -0.25) is 9.59 Å². The highest BCUT2D eigenvalue weighted by molar-refractivity contribution is 7.13. The number of rotatable bonds is 2. The molecule has 1 aliphatic heterocycles. The van der Waals surface area contributed by atoms with Gasteiger partial charge in [0.05, 0.1) is 4.70 Å². The average Bonchev–Trinajstić information content (AvgIpc) is 3.12. The molecule has 5 nitrogen and oxygen atoms in total. The quantitative estimate of drug-likeness (QED) is 0.663. The van der Waals surface area contributed by atoms with E-state index in [-0.39, 0.29) is 17.6 Å². The summed E-state index contributed by atoms with van der Waals surface area (Å²) in [7, 11) is 0. The van der Waals surface area contributed by atoms with Gasteiger partial charge in [0.2, 0.25) is 0 Å². The fourth-order valence-corrected chi connectivity index (χ4v) is 4.13. The van der Waals surface area contributed by atoms with Gasteiger partial charge in [-0.2, -0.15) is 4.37 Å². The Morgan fingerprint density at radius 2 is 1.64 bits per heavy atom. The number of piperazine rings is 1. The summed E-state index contributed by atoms with van der Waals surface area (Å²) in [5.74, 6) is -0.698. The molecule has 2 aromatic carbocycles. The Hall–Kier alpha value is -2.80. The summed E-state index contributed by atoms with van der Waals surface area (Å²) < 4.78 is 19.1. The van der Waals surface area contributed by atoms with E-state index in [4.69, 9.17) is 0 Å². The van der Waals surface area contributed by atoms with Crippen LogP contribution in [0.25, 0.3) is 10.1 Å². The second kappa shape index (κ2) is 7.31. The molecule has 144 valence electrons. The number of benzene rings is 2. The van der Waals surface area contributed by atoms with Crippen molar-refractivity contribution in [2.45, 2.75) is 13.8 Å². The van der Waals surface area contributed by atoms with Crippen LogP contribution >= 0.6 is 11.5 Å². The number of aryl methyl sites for hydroxylation is 2. The van der Waals surface area contributed by atoms with Gasteiger partial charge in [-0.25, -0.2) is 4.39 Å². The minimum atomic E-state index is -0.384. The third-order valence-corrected chi connectivity index (χ3v) is 5.93. The molecule has 0 unspecified atom stereocenters. The smallest absolute Gasteiger partial charge is 0.274 e. The molecule has 0 radical (unpaired) electrons. The summed E-state index contributed by atoms with van der Waals surface area (Å²) >= 11 is 1.32. The van der Waals surface area contributed by atoms with Crippen molar-refractivity contribution in [1.82, 2.24) is 14.2 Å².